The highest BCUT2D eigenvalue weighted by Crippen LogP contribution is 2.53. The van der Waals surface area contributed by atoms with Crippen molar-refractivity contribution in [2.45, 2.75) is 16.2 Å². The summed E-state index contributed by atoms with van der Waals surface area (Å²) in [5, 5.41) is 2.31. The largest absolute Gasteiger partial charge is 0.456 e. The van der Waals surface area contributed by atoms with Gasteiger partial charge in [-0.3, -0.25) is 0 Å². The summed E-state index contributed by atoms with van der Waals surface area (Å²) in [4.78, 5) is 7.30. The molecule has 0 spiro atoms. The Morgan fingerprint density at radius 1 is 0.339 bits per heavy atom. The first-order valence-corrected chi connectivity index (χ1v) is 20.9. The molecule has 0 unspecified atom stereocenters. The van der Waals surface area contributed by atoms with E-state index in [1.165, 1.54) is 71.4 Å². The van der Waals surface area contributed by atoms with Crippen molar-refractivity contribution in [1.29, 1.82) is 0 Å². The van der Waals surface area contributed by atoms with E-state index in [0.29, 0.717) is 0 Å². The monoisotopic (exact) mass is 772 g/mol. The van der Waals surface area contributed by atoms with Crippen LogP contribution < -0.4 is 9.80 Å². The molecule has 4 heteroatoms. The van der Waals surface area contributed by atoms with E-state index < -0.39 is 0 Å². The van der Waals surface area contributed by atoms with E-state index in [1.807, 2.05) is 17.8 Å². The SMILES string of the molecule is c1ccc(-c2ccc(N3c4ccccc4Sc4cc(-c5ccc(N6c7ccc(-c8ccccc8)cc7Cc7cc8c(cc76)oc6ccccc68)cc5)ccc43)cc2)cc1. The highest BCUT2D eigenvalue weighted by Gasteiger charge is 2.28. The molecular formula is C55H36N2OS. The number of hydrogen-bond donors (Lipinski definition) is 0. The zero-order chi connectivity index (χ0) is 38.9. The van der Waals surface area contributed by atoms with Gasteiger partial charge in [0.2, 0.25) is 0 Å². The summed E-state index contributed by atoms with van der Waals surface area (Å²) in [6.45, 7) is 0. The summed E-state index contributed by atoms with van der Waals surface area (Å²) in [6, 6.07) is 74.7. The lowest BCUT2D eigenvalue weighted by Gasteiger charge is -2.34. The molecule has 2 aliphatic heterocycles. The number of para-hydroxylation sites is 2. The first-order chi connectivity index (χ1) is 29.2. The van der Waals surface area contributed by atoms with Crippen LogP contribution in [0.1, 0.15) is 11.1 Å². The van der Waals surface area contributed by atoms with Gasteiger partial charge < -0.3 is 14.2 Å². The Hall–Kier alpha value is -7.27. The molecule has 3 heterocycles. The number of fused-ring (bicyclic) bond motifs is 7. The first-order valence-electron chi connectivity index (χ1n) is 20.1. The third-order valence-electron chi connectivity index (χ3n) is 11.8. The maximum atomic E-state index is 6.44. The second-order valence-electron chi connectivity index (χ2n) is 15.3. The van der Waals surface area contributed by atoms with E-state index >= 15 is 0 Å². The van der Waals surface area contributed by atoms with Gasteiger partial charge in [-0.25, -0.2) is 0 Å². The Morgan fingerprint density at radius 3 is 1.61 bits per heavy atom. The predicted molar refractivity (Wildman–Crippen MR) is 246 cm³/mol. The maximum Gasteiger partial charge on any atom is 0.137 e. The molecule has 278 valence electrons. The zero-order valence-electron chi connectivity index (χ0n) is 32.0. The van der Waals surface area contributed by atoms with Crippen molar-refractivity contribution >= 4 is 67.8 Å². The highest BCUT2D eigenvalue weighted by atomic mass is 32.2. The number of anilines is 6. The highest BCUT2D eigenvalue weighted by molar-refractivity contribution is 7.99. The van der Waals surface area contributed by atoms with Gasteiger partial charge in [-0.2, -0.15) is 0 Å². The topological polar surface area (TPSA) is 19.6 Å². The first kappa shape index (κ1) is 33.8. The number of benzene rings is 9. The molecule has 10 aromatic rings. The molecule has 59 heavy (non-hydrogen) atoms. The Morgan fingerprint density at radius 2 is 0.864 bits per heavy atom. The van der Waals surface area contributed by atoms with Crippen molar-refractivity contribution < 1.29 is 4.42 Å². The molecule has 0 aliphatic carbocycles. The van der Waals surface area contributed by atoms with Crippen molar-refractivity contribution in [1.82, 2.24) is 0 Å². The molecule has 0 fully saturated rings. The minimum absolute atomic E-state index is 0.847. The van der Waals surface area contributed by atoms with Crippen LogP contribution in [0.5, 0.6) is 0 Å². The Kier molecular flexibility index (Phi) is 7.85. The molecular weight excluding hydrogens is 737 g/mol. The van der Waals surface area contributed by atoms with Gasteiger partial charge in [-0.15, -0.1) is 0 Å². The van der Waals surface area contributed by atoms with E-state index in [-0.39, 0.29) is 0 Å². The lowest BCUT2D eigenvalue weighted by Crippen LogP contribution is -2.18. The van der Waals surface area contributed by atoms with Crippen molar-refractivity contribution in [3.63, 3.8) is 0 Å². The zero-order valence-corrected chi connectivity index (χ0v) is 32.9. The van der Waals surface area contributed by atoms with Crippen LogP contribution in [0, 0.1) is 0 Å². The normalized spacial score (nSPS) is 12.9. The van der Waals surface area contributed by atoms with E-state index in [9.17, 15) is 0 Å². The number of hydrogen-bond acceptors (Lipinski definition) is 4. The minimum Gasteiger partial charge on any atom is -0.456 e. The molecule has 3 nitrogen and oxygen atoms in total. The van der Waals surface area contributed by atoms with Crippen LogP contribution in [0.3, 0.4) is 0 Å². The third-order valence-corrected chi connectivity index (χ3v) is 13.0. The minimum atomic E-state index is 0.847. The molecule has 0 saturated carbocycles. The van der Waals surface area contributed by atoms with Crippen molar-refractivity contribution in [2.24, 2.45) is 0 Å². The summed E-state index contributed by atoms with van der Waals surface area (Å²) < 4.78 is 6.44. The summed E-state index contributed by atoms with van der Waals surface area (Å²) in [5.74, 6) is 0. The average molecular weight is 773 g/mol. The Bertz CT molecular complexity index is 3210. The van der Waals surface area contributed by atoms with E-state index in [0.717, 1.165) is 45.4 Å². The van der Waals surface area contributed by atoms with Gasteiger partial charge in [-0.1, -0.05) is 139 Å². The average Bonchev–Trinajstić information content (AvgIpc) is 3.67. The number of furan rings is 1. The van der Waals surface area contributed by atoms with Crippen LogP contribution in [0.15, 0.2) is 220 Å². The van der Waals surface area contributed by atoms with Gasteiger partial charge >= 0.3 is 0 Å². The van der Waals surface area contributed by atoms with Crippen molar-refractivity contribution in [2.75, 3.05) is 9.80 Å². The molecule has 1 aromatic heterocycles. The molecule has 0 radical (unpaired) electrons. The fraction of sp³-hybridized carbons (Fsp3) is 0.0182. The van der Waals surface area contributed by atoms with Crippen molar-refractivity contribution in [3.05, 3.63) is 217 Å². The smallest absolute Gasteiger partial charge is 0.137 e. The summed E-state index contributed by atoms with van der Waals surface area (Å²) in [6.07, 6.45) is 0.847. The molecule has 0 saturated heterocycles. The van der Waals surface area contributed by atoms with E-state index in [1.54, 1.807) is 0 Å². The lowest BCUT2D eigenvalue weighted by molar-refractivity contribution is 0.669. The van der Waals surface area contributed by atoms with Crippen LogP contribution in [0.2, 0.25) is 0 Å². The van der Waals surface area contributed by atoms with Crippen LogP contribution >= 0.6 is 11.8 Å². The van der Waals surface area contributed by atoms with Gasteiger partial charge in [0.05, 0.1) is 17.1 Å². The van der Waals surface area contributed by atoms with Gasteiger partial charge in [0.1, 0.15) is 11.2 Å². The molecule has 0 amide bonds. The Balaban J connectivity index is 0.923. The summed E-state index contributed by atoms with van der Waals surface area (Å²) >= 11 is 1.84. The van der Waals surface area contributed by atoms with Gasteiger partial charge in [0, 0.05) is 50.1 Å². The standard InChI is InChI=1S/C55H36N2OS/c1-3-11-36(12-4-1)38-19-25-45(26-20-38)57-49-16-8-10-18-54(49)59-55-34-41(24-30-50(55)57)39-21-27-44(28-22-39)56-48-29-23-40(37-13-5-2-6-14-37)31-42(48)32-43-33-47-46-15-7-9-17-52(46)58-53(47)35-51(43)56/h1-31,33-35H,32H2. The molecule has 12 rings (SSSR count). The van der Waals surface area contributed by atoms with Gasteiger partial charge in [-0.05, 0) is 117 Å². The second-order valence-corrected chi connectivity index (χ2v) is 16.4. The quantitative estimate of drug-likeness (QED) is 0.173. The molecule has 9 aromatic carbocycles. The molecule has 0 atom stereocenters. The molecule has 0 N–H and O–H groups in total. The van der Waals surface area contributed by atoms with Crippen LogP contribution in [-0.2, 0) is 6.42 Å². The second kappa shape index (κ2) is 13.7. The number of nitrogens with zero attached hydrogens (tertiary/aromatic N) is 2. The van der Waals surface area contributed by atoms with Gasteiger partial charge in [0.25, 0.3) is 0 Å². The predicted octanol–water partition coefficient (Wildman–Crippen LogP) is 15.9. The molecule has 0 bridgehead atoms. The van der Waals surface area contributed by atoms with Crippen molar-refractivity contribution in [3.8, 4) is 33.4 Å². The fourth-order valence-electron chi connectivity index (χ4n) is 8.98. The van der Waals surface area contributed by atoms with E-state index in [4.69, 9.17) is 4.42 Å². The maximum absolute atomic E-state index is 6.44. The van der Waals surface area contributed by atoms with Crippen LogP contribution in [0.4, 0.5) is 34.1 Å². The van der Waals surface area contributed by atoms with Crippen LogP contribution in [-0.4, -0.2) is 0 Å². The summed E-state index contributed by atoms with van der Waals surface area (Å²) in [7, 11) is 0. The van der Waals surface area contributed by atoms with Gasteiger partial charge in [0.15, 0.2) is 0 Å². The number of rotatable bonds is 5. The van der Waals surface area contributed by atoms with E-state index in [2.05, 4.69) is 210 Å². The van der Waals surface area contributed by atoms with Crippen LogP contribution in [0.25, 0.3) is 55.3 Å². The fourth-order valence-corrected chi connectivity index (χ4v) is 10.1. The Labute approximate surface area is 347 Å². The lowest BCUT2D eigenvalue weighted by atomic mass is 9.91. The summed E-state index contributed by atoms with van der Waals surface area (Å²) in [5.41, 5.74) is 18.7. The molecule has 2 aliphatic rings. The third kappa shape index (κ3) is 5.75.